The van der Waals surface area contributed by atoms with Gasteiger partial charge in [0.1, 0.15) is 0 Å². The lowest BCUT2D eigenvalue weighted by Gasteiger charge is -2.26. The Morgan fingerprint density at radius 3 is 2.50 bits per heavy atom. The highest BCUT2D eigenvalue weighted by atomic mass is 16.3. The zero-order chi connectivity index (χ0) is 11.0. The van der Waals surface area contributed by atoms with E-state index in [1.807, 2.05) is 0 Å². The van der Waals surface area contributed by atoms with Crippen LogP contribution in [0.1, 0.15) is 42.7 Å². The molecular weight excluding hydrogens is 198 g/mol. The molecule has 3 rings (SSSR count). The third-order valence-electron chi connectivity index (χ3n) is 3.96. The summed E-state index contributed by atoms with van der Waals surface area (Å²) in [4.78, 5) is 0. The summed E-state index contributed by atoms with van der Waals surface area (Å²) in [5.74, 6) is 0.641. The van der Waals surface area contributed by atoms with Crippen molar-refractivity contribution >= 4 is 0 Å². The first-order chi connectivity index (χ1) is 7.80. The van der Waals surface area contributed by atoms with E-state index in [9.17, 15) is 5.11 Å². The quantitative estimate of drug-likeness (QED) is 0.795. The van der Waals surface area contributed by atoms with Crippen LogP contribution in [0.2, 0.25) is 0 Å². The highest BCUT2D eigenvalue weighted by Crippen LogP contribution is 2.48. The summed E-state index contributed by atoms with van der Waals surface area (Å²) in [7, 11) is 0. The van der Waals surface area contributed by atoms with Crippen molar-refractivity contribution < 1.29 is 5.11 Å². The minimum atomic E-state index is -0.485. The second kappa shape index (κ2) is 3.86. The number of rotatable bonds is 2. The zero-order valence-electron chi connectivity index (χ0n) is 9.58. The van der Waals surface area contributed by atoms with Gasteiger partial charge in [-0.15, -0.1) is 0 Å². The Morgan fingerprint density at radius 1 is 1.12 bits per heavy atom. The number of aliphatic hydroxyl groups is 1. The lowest BCUT2D eigenvalue weighted by molar-refractivity contribution is 0.149. The van der Waals surface area contributed by atoms with Crippen molar-refractivity contribution in [2.75, 3.05) is 13.1 Å². The van der Waals surface area contributed by atoms with Crippen molar-refractivity contribution in [3.05, 3.63) is 35.4 Å². The molecule has 0 unspecified atom stereocenters. The first-order valence-electron chi connectivity index (χ1n) is 6.32. The average Bonchev–Trinajstić information content (AvgIpc) is 3.10. The monoisotopic (exact) mass is 217 g/mol. The number of nitrogens with one attached hydrogen (secondary N) is 1. The van der Waals surface area contributed by atoms with Gasteiger partial charge in [0, 0.05) is 0 Å². The molecule has 1 aromatic rings. The first-order valence-corrected chi connectivity index (χ1v) is 6.32. The maximum atomic E-state index is 10.3. The molecule has 0 bridgehead atoms. The van der Waals surface area contributed by atoms with Crippen LogP contribution < -0.4 is 5.32 Å². The van der Waals surface area contributed by atoms with Crippen LogP contribution in [0.25, 0.3) is 0 Å². The summed E-state index contributed by atoms with van der Waals surface area (Å²) in [6, 6.07) is 8.48. The molecule has 2 fully saturated rings. The summed E-state index contributed by atoms with van der Waals surface area (Å²) in [6.07, 6.45) is 4.28. The van der Waals surface area contributed by atoms with E-state index in [4.69, 9.17) is 0 Å². The van der Waals surface area contributed by atoms with Gasteiger partial charge in [-0.1, -0.05) is 24.3 Å². The number of hydrogen-bond acceptors (Lipinski definition) is 2. The molecule has 1 saturated heterocycles. The standard InChI is InChI=1S/C14H19NO/c16-14(7-8-14)13-4-2-1-3-12(13)11-5-9-15-10-6-11/h1-4,11,15-16H,5-10H2. The van der Waals surface area contributed by atoms with Crippen molar-refractivity contribution in [1.29, 1.82) is 0 Å². The van der Waals surface area contributed by atoms with E-state index in [2.05, 4.69) is 29.6 Å². The summed E-state index contributed by atoms with van der Waals surface area (Å²) in [5.41, 5.74) is 2.10. The predicted octanol–water partition coefficient (Wildman–Crippen LogP) is 2.13. The summed E-state index contributed by atoms with van der Waals surface area (Å²) in [6.45, 7) is 2.22. The predicted molar refractivity (Wildman–Crippen MR) is 64.4 cm³/mol. The third-order valence-corrected chi connectivity index (χ3v) is 3.96. The maximum Gasteiger partial charge on any atom is 0.0901 e. The fraction of sp³-hybridized carbons (Fsp3) is 0.571. The molecule has 86 valence electrons. The molecule has 2 heteroatoms. The molecule has 1 aromatic carbocycles. The summed E-state index contributed by atoms with van der Waals surface area (Å²) in [5, 5.41) is 13.7. The van der Waals surface area contributed by atoms with Crippen molar-refractivity contribution in [3.63, 3.8) is 0 Å². The van der Waals surface area contributed by atoms with Crippen LogP contribution >= 0.6 is 0 Å². The highest BCUT2D eigenvalue weighted by molar-refractivity contribution is 5.38. The smallest absolute Gasteiger partial charge is 0.0901 e. The summed E-state index contributed by atoms with van der Waals surface area (Å²) >= 11 is 0. The minimum absolute atomic E-state index is 0.485. The van der Waals surface area contributed by atoms with Gasteiger partial charge < -0.3 is 10.4 Å². The van der Waals surface area contributed by atoms with Crippen LogP contribution in [0.5, 0.6) is 0 Å². The molecule has 16 heavy (non-hydrogen) atoms. The van der Waals surface area contributed by atoms with Gasteiger partial charge in [-0.25, -0.2) is 0 Å². The average molecular weight is 217 g/mol. The zero-order valence-corrected chi connectivity index (χ0v) is 9.58. The second-order valence-electron chi connectivity index (χ2n) is 5.14. The molecule has 0 amide bonds. The SMILES string of the molecule is OC1(c2ccccc2C2CCNCC2)CC1. The van der Waals surface area contributed by atoms with E-state index in [-0.39, 0.29) is 0 Å². The maximum absolute atomic E-state index is 10.3. The van der Waals surface area contributed by atoms with Crippen LogP contribution in [-0.4, -0.2) is 18.2 Å². The van der Waals surface area contributed by atoms with E-state index in [0.717, 1.165) is 25.9 Å². The normalized spacial score (nSPS) is 24.3. The van der Waals surface area contributed by atoms with Crippen LogP contribution in [-0.2, 0) is 5.60 Å². The summed E-state index contributed by atoms with van der Waals surface area (Å²) < 4.78 is 0. The van der Waals surface area contributed by atoms with Gasteiger partial charge in [0.05, 0.1) is 5.60 Å². The van der Waals surface area contributed by atoms with E-state index in [1.54, 1.807) is 0 Å². The molecule has 1 heterocycles. The van der Waals surface area contributed by atoms with Crippen molar-refractivity contribution in [1.82, 2.24) is 5.32 Å². The fourth-order valence-electron chi connectivity index (χ4n) is 2.80. The number of piperidine rings is 1. The van der Waals surface area contributed by atoms with Gasteiger partial charge in [0.25, 0.3) is 0 Å². The molecule has 1 aliphatic carbocycles. The molecule has 0 aromatic heterocycles. The Labute approximate surface area is 96.7 Å². The van der Waals surface area contributed by atoms with E-state index >= 15 is 0 Å². The highest BCUT2D eigenvalue weighted by Gasteiger charge is 2.44. The molecule has 0 radical (unpaired) electrons. The van der Waals surface area contributed by atoms with Gasteiger partial charge in [-0.3, -0.25) is 0 Å². The van der Waals surface area contributed by atoms with Gasteiger partial charge >= 0.3 is 0 Å². The van der Waals surface area contributed by atoms with Crippen LogP contribution in [0.4, 0.5) is 0 Å². The Hall–Kier alpha value is -0.860. The number of benzene rings is 1. The molecule has 2 nitrogen and oxygen atoms in total. The van der Waals surface area contributed by atoms with Gasteiger partial charge in [-0.05, 0) is 55.8 Å². The van der Waals surface area contributed by atoms with E-state index in [0.29, 0.717) is 5.92 Å². The fourth-order valence-corrected chi connectivity index (χ4v) is 2.80. The third kappa shape index (κ3) is 1.76. The molecule has 2 aliphatic rings. The lowest BCUT2D eigenvalue weighted by atomic mass is 9.85. The molecule has 1 saturated carbocycles. The molecular formula is C14H19NO. The van der Waals surface area contributed by atoms with Crippen molar-refractivity contribution in [2.45, 2.75) is 37.2 Å². The minimum Gasteiger partial charge on any atom is -0.385 e. The van der Waals surface area contributed by atoms with Crippen LogP contribution in [0.15, 0.2) is 24.3 Å². The lowest BCUT2D eigenvalue weighted by Crippen LogP contribution is -2.27. The van der Waals surface area contributed by atoms with Gasteiger partial charge in [-0.2, -0.15) is 0 Å². The Balaban J connectivity index is 1.93. The molecule has 2 N–H and O–H groups in total. The van der Waals surface area contributed by atoms with Crippen LogP contribution in [0, 0.1) is 0 Å². The van der Waals surface area contributed by atoms with Crippen molar-refractivity contribution in [3.8, 4) is 0 Å². The van der Waals surface area contributed by atoms with E-state index in [1.165, 1.54) is 24.0 Å². The van der Waals surface area contributed by atoms with Gasteiger partial charge in [0.15, 0.2) is 0 Å². The Bertz CT molecular complexity index is 378. The Kier molecular flexibility index (Phi) is 2.49. The molecule has 0 atom stereocenters. The topological polar surface area (TPSA) is 32.3 Å². The number of hydrogen-bond donors (Lipinski definition) is 2. The molecule has 0 spiro atoms. The van der Waals surface area contributed by atoms with E-state index < -0.39 is 5.60 Å². The molecule has 1 aliphatic heterocycles. The second-order valence-corrected chi connectivity index (χ2v) is 5.14. The van der Waals surface area contributed by atoms with Crippen LogP contribution in [0.3, 0.4) is 0 Å². The van der Waals surface area contributed by atoms with Gasteiger partial charge in [0.2, 0.25) is 0 Å². The Morgan fingerprint density at radius 2 is 1.81 bits per heavy atom. The van der Waals surface area contributed by atoms with Crippen molar-refractivity contribution in [2.24, 2.45) is 0 Å². The largest absolute Gasteiger partial charge is 0.385 e. The first kappa shape index (κ1) is 10.3.